The monoisotopic (exact) mass is 329 g/mol. The summed E-state index contributed by atoms with van der Waals surface area (Å²) in [7, 11) is 3.15. The van der Waals surface area contributed by atoms with E-state index in [1.165, 1.54) is 0 Å². The first kappa shape index (κ1) is 17.8. The number of methoxy groups -OCH3 is 2. The van der Waals surface area contributed by atoms with E-state index in [1.54, 1.807) is 40.2 Å². The van der Waals surface area contributed by atoms with Crippen molar-refractivity contribution < 1.29 is 19.4 Å². The molecule has 0 aromatic heterocycles. The van der Waals surface area contributed by atoms with Crippen LogP contribution in [0.3, 0.4) is 0 Å². The number of benzene rings is 2. The van der Waals surface area contributed by atoms with Crippen molar-refractivity contribution in [3.05, 3.63) is 48.0 Å². The molecule has 0 saturated heterocycles. The van der Waals surface area contributed by atoms with Crippen molar-refractivity contribution in [2.24, 2.45) is 0 Å². The normalized spacial score (nSPS) is 11.0. The number of carbonyl (C=O) groups excluding carboxylic acids is 1. The smallest absolute Gasteiger partial charge is 0.252 e. The maximum atomic E-state index is 12.6. The molecule has 24 heavy (non-hydrogen) atoms. The van der Waals surface area contributed by atoms with Crippen molar-refractivity contribution in [2.75, 3.05) is 20.8 Å². The molecule has 0 atom stereocenters. The van der Waals surface area contributed by atoms with Crippen LogP contribution in [0.2, 0.25) is 0 Å². The topological polar surface area (TPSA) is 67.8 Å². The van der Waals surface area contributed by atoms with Crippen LogP contribution in [0.4, 0.5) is 0 Å². The molecule has 0 unspecified atom stereocenters. The molecule has 5 nitrogen and oxygen atoms in total. The molecule has 2 aromatic carbocycles. The number of nitrogens with one attached hydrogen (secondary N) is 1. The summed E-state index contributed by atoms with van der Waals surface area (Å²) >= 11 is 0. The third-order valence-electron chi connectivity index (χ3n) is 3.71. The second kappa shape index (κ2) is 7.36. The molecular formula is C19H23NO4. The van der Waals surface area contributed by atoms with Crippen LogP contribution in [0.25, 0.3) is 11.1 Å². The maximum Gasteiger partial charge on any atom is 0.252 e. The Kier molecular flexibility index (Phi) is 5.46. The lowest BCUT2D eigenvalue weighted by Gasteiger charge is -2.24. The van der Waals surface area contributed by atoms with Crippen molar-refractivity contribution in [3.8, 4) is 22.6 Å². The van der Waals surface area contributed by atoms with Gasteiger partial charge in [0.1, 0.15) is 0 Å². The number of aliphatic hydroxyl groups is 1. The number of carbonyl (C=O) groups is 1. The van der Waals surface area contributed by atoms with Crippen LogP contribution in [-0.4, -0.2) is 37.4 Å². The molecule has 0 saturated carbocycles. The van der Waals surface area contributed by atoms with Crippen LogP contribution in [0, 0.1) is 0 Å². The first-order chi connectivity index (χ1) is 11.4. The lowest BCUT2D eigenvalue weighted by Crippen LogP contribution is -2.46. The van der Waals surface area contributed by atoms with Gasteiger partial charge in [0.15, 0.2) is 11.5 Å². The zero-order chi connectivity index (χ0) is 17.7. The maximum absolute atomic E-state index is 12.6. The van der Waals surface area contributed by atoms with Gasteiger partial charge in [-0.3, -0.25) is 4.79 Å². The third-order valence-corrected chi connectivity index (χ3v) is 3.71. The molecule has 0 spiro atoms. The van der Waals surface area contributed by atoms with Gasteiger partial charge in [-0.25, -0.2) is 0 Å². The molecule has 0 bridgehead atoms. The highest BCUT2D eigenvalue weighted by Gasteiger charge is 2.22. The Hall–Kier alpha value is -2.53. The van der Waals surface area contributed by atoms with Crippen LogP contribution in [-0.2, 0) is 0 Å². The van der Waals surface area contributed by atoms with Gasteiger partial charge in [-0.2, -0.15) is 0 Å². The van der Waals surface area contributed by atoms with Gasteiger partial charge < -0.3 is 19.9 Å². The highest BCUT2D eigenvalue weighted by molar-refractivity contribution is 6.01. The van der Waals surface area contributed by atoms with E-state index in [4.69, 9.17) is 9.47 Å². The number of rotatable bonds is 6. The third kappa shape index (κ3) is 3.86. The van der Waals surface area contributed by atoms with Gasteiger partial charge >= 0.3 is 0 Å². The Bertz CT molecular complexity index is 725. The molecule has 0 aliphatic rings. The molecule has 128 valence electrons. The van der Waals surface area contributed by atoms with E-state index >= 15 is 0 Å². The highest BCUT2D eigenvalue weighted by atomic mass is 16.5. The fourth-order valence-electron chi connectivity index (χ4n) is 2.35. The molecule has 0 radical (unpaired) electrons. The molecule has 0 aliphatic carbocycles. The molecule has 0 aliphatic heterocycles. The fraction of sp³-hybridized carbons (Fsp3) is 0.316. The second-order valence-electron chi connectivity index (χ2n) is 6.11. The molecule has 1 amide bonds. The summed E-state index contributed by atoms with van der Waals surface area (Å²) in [5, 5.41) is 12.2. The number of ether oxygens (including phenoxy) is 2. The Balaban J connectivity index is 2.44. The van der Waals surface area contributed by atoms with E-state index in [-0.39, 0.29) is 12.5 Å². The van der Waals surface area contributed by atoms with Crippen molar-refractivity contribution in [1.29, 1.82) is 0 Å². The molecule has 0 fully saturated rings. The van der Waals surface area contributed by atoms with Crippen LogP contribution < -0.4 is 14.8 Å². The van der Waals surface area contributed by atoms with E-state index in [0.29, 0.717) is 17.1 Å². The molecular weight excluding hydrogens is 306 g/mol. The fourth-order valence-corrected chi connectivity index (χ4v) is 2.35. The van der Waals surface area contributed by atoms with E-state index < -0.39 is 5.54 Å². The minimum Gasteiger partial charge on any atom is -0.493 e. The summed E-state index contributed by atoms with van der Waals surface area (Å²) in [5.41, 5.74) is 1.47. The largest absolute Gasteiger partial charge is 0.493 e. The predicted octanol–water partition coefficient (Wildman–Crippen LogP) is 2.87. The number of amides is 1. The SMILES string of the molecule is COc1ccc(-c2ccccc2C(=O)NC(C)(C)CO)cc1OC. The van der Waals surface area contributed by atoms with Gasteiger partial charge in [0.2, 0.25) is 0 Å². The lowest BCUT2D eigenvalue weighted by atomic mass is 9.97. The van der Waals surface area contributed by atoms with E-state index in [2.05, 4.69) is 5.32 Å². The summed E-state index contributed by atoms with van der Waals surface area (Å²) in [4.78, 5) is 12.6. The Morgan fingerprint density at radius 2 is 1.75 bits per heavy atom. The Morgan fingerprint density at radius 1 is 1.08 bits per heavy atom. The van der Waals surface area contributed by atoms with E-state index in [1.807, 2.05) is 30.3 Å². The molecule has 0 heterocycles. The minimum absolute atomic E-state index is 0.142. The summed E-state index contributed by atoms with van der Waals surface area (Å²) in [5.74, 6) is 0.991. The van der Waals surface area contributed by atoms with Crippen LogP contribution >= 0.6 is 0 Å². The number of hydrogen-bond donors (Lipinski definition) is 2. The first-order valence-corrected chi connectivity index (χ1v) is 7.66. The highest BCUT2D eigenvalue weighted by Crippen LogP contribution is 2.33. The first-order valence-electron chi connectivity index (χ1n) is 7.66. The summed E-state index contributed by atoms with van der Waals surface area (Å²) < 4.78 is 10.6. The average Bonchev–Trinajstić information content (AvgIpc) is 2.60. The second-order valence-corrected chi connectivity index (χ2v) is 6.11. The van der Waals surface area contributed by atoms with Crippen LogP contribution in [0.5, 0.6) is 11.5 Å². The summed E-state index contributed by atoms with van der Waals surface area (Å²) in [6, 6.07) is 12.8. The summed E-state index contributed by atoms with van der Waals surface area (Å²) in [6.45, 7) is 3.39. The quantitative estimate of drug-likeness (QED) is 0.855. The van der Waals surface area contributed by atoms with Crippen molar-refractivity contribution >= 4 is 5.91 Å². The average molecular weight is 329 g/mol. The van der Waals surface area contributed by atoms with Gasteiger partial charge in [0.25, 0.3) is 5.91 Å². The molecule has 2 rings (SSSR count). The van der Waals surface area contributed by atoms with E-state index in [0.717, 1.165) is 11.1 Å². The van der Waals surface area contributed by atoms with E-state index in [9.17, 15) is 9.90 Å². The lowest BCUT2D eigenvalue weighted by molar-refractivity contribution is 0.0870. The van der Waals surface area contributed by atoms with Gasteiger partial charge in [0, 0.05) is 5.56 Å². The van der Waals surface area contributed by atoms with Crippen molar-refractivity contribution in [2.45, 2.75) is 19.4 Å². The van der Waals surface area contributed by atoms with Gasteiger partial charge in [-0.1, -0.05) is 24.3 Å². The minimum atomic E-state index is -0.693. The van der Waals surface area contributed by atoms with Gasteiger partial charge in [-0.05, 0) is 43.2 Å². The van der Waals surface area contributed by atoms with Gasteiger partial charge in [-0.15, -0.1) is 0 Å². The Morgan fingerprint density at radius 3 is 2.38 bits per heavy atom. The molecule has 2 aromatic rings. The van der Waals surface area contributed by atoms with Crippen molar-refractivity contribution in [1.82, 2.24) is 5.32 Å². The van der Waals surface area contributed by atoms with Crippen LogP contribution in [0.15, 0.2) is 42.5 Å². The molecule has 2 N–H and O–H groups in total. The predicted molar refractivity (Wildman–Crippen MR) is 93.6 cm³/mol. The number of hydrogen-bond acceptors (Lipinski definition) is 4. The summed E-state index contributed by atoms with van der Waals surface area (Å²) in [6.07, 6.45) is 0. The van der Waals surface area contributed by atoms with Crippen molar-refractivity contribution in [3.63, 3.8) is 0 Å². The standard InChI is InChI=1S/C19H23NO4/c1-19(2,12-21)20-18(22)15-8-6-5-7-14(15)13-9-10-16(23-3)17(11-13)24-4/h5-11,21H,12H2,1-4H3,(H,20,22). The van der Waals surface area contributed by atoms with Gasteiger partial charge in [0.05, 0.1) is 26.4 Å². The zero-order valence-electron chi connectivity index (χ0n) is 14.4. The number of aliphatic hydroxyl groups excluding tert-OH is 1. The van der Waals surface area contributed by atoms with Crippen LogP contribution in [0.1, 0.15) is 24.2 Å². The zero-order valence-corrected chi connectivity index (χ0v) is 14.4. The molecule has 5 heteroatoms. The Labute approximate surface area is 142 Å².